The van der Waals surface area contributed by atoms with Gasteiger partial charge in [-0.3, -0.25) is 0 Å². The second-order valence-corrected chi connectivity index (χ2v) is 4.64. The Labute approximate surface area is 109 Å². The predicted molar refractivity (Wildman–Crippen MR) is 75.6 cm³/mol. The zero-order valence-corrected chi connectivity index (χ0v) is 11.2. The van der Waals surface area contributed by atoms with Gasteiger partial charge < -0.3 is 5.32 Å². The van der Waals surface area contributed by atoms with Crippen molar-refractivity contribution in [3.05, 3.63) is 36.2 Å². The minimum absolute atomic E-state index is 0.491. The van der Waals surface area contributed by atoms with E-state index < -0.39 is 0 Å². The molecule has 2 rings (SSSR count). The van der Waals surface area contributed by atoms with E-state index in [9.17, 15) is 0 Å². The molecule has 1 heterocycles. The molecule has 1 atom stereocenters. The summed E-state index contributed by atoms with van der Waals surface area (Å²) in [5, 5.41) is 14.4. The fourth-order valence-electron chi connectivity index (χ4n) is 2.18. The average molecular weight is 243 g/mol. The maximum absolute atomic E-state index is 4.31. The van der Waals surface area contributed by atoms with Gasteiger partial charge in [-0.25, -0.2) is 0 Å². The highest BCUT2D eigenvalue weighted by molar-refractivity contribution is 5.83. The van der Waals surface area contributed by atoms with Gasteiger partial charge in [0.15, 0.2) is 0 Å². The van der Waals surface area contributed by atoms with Crippen LogP contribution in [0.4, 0.5) is 0 Å². The maximum Gasteiger partial charge on any atom is 0.0724 e. The van der Waals surface area contributed by atoms with E-state index in [1.54, 1.807) is 0 Å². The molecule has 2 aromatic rings. The van der Waals surface area contributed by atoms with Crippen LogP contribution in [0.25, 0.3) is 10.8 Å². The summed E-state index contributed by atoms with van der Waals surface area (Å²) in [6, 6.07) is 8.82. The summed E-state index contributed by atoms with van der Waals surface area (Å²) in [5.74, 6) is 0. The molecule has 1 unspecified atom stereocenters. The summed E-state index contributed by atoms with van der Waals surface area (Å²) in [4.78, 5) is 0. The fraction of sp³-hybridized carbons (Fsp3) is 0.467. The van der Waals surface area contributed by atoms with Crippen molar-refractivity contribution in [3.8, 4) is 0 Å². The van der Waals surface area contributed by atoms with E-state index in [0.717, 1.165) is 31.5 Å². The fourth-order valence-corrected chi connectivity index (χ4v) is 2.18. The smallest absolute Gasteiger partial charge is 0.0724 e. The molecule has 3 heteroatoms. The van der Waals surface area contributed by atoms with Gasteiger partial charge in [0.1, 0.15) is 0 Å². The molecule has 0 fully saturated rings. The Hall–Kier alpha value is -1.48. The summed E-state index contributed by atoms with van der Waals surface area (Å²) in [6.07, 6.45) is 5.06. The molecule has 0 radical (unpaired) electrons. The monoisotopic (exact) mass is 243 g/mol. The van der Waals surface area contributed by atoms with E-state index in [2.05, 4.69) is 47.6 Å². The zero-order valence-electron chi connectivity index (χ0n) is 11.2. The van der Waals surface area contributed by atoms with Crippen molar-refractivity contribution >= 4 is 10.8 Å². The summed E-state index contributed by atoms with van der Waals surface area (Å²) >= 11 is 0. The van der Waals surface area contributed by atoms with E-state index in [-0.39, 0.29) is 0 Å². The van der Waals surface area contributed by atoms with Gasteiger partial charge in [-0.05, 0) is 19.4 Å². The van der Waals surface area contributed by atoms with E-state index in [4.69, 9.17) is 0 Å². The topological polar surface area (TPSA) is 37.8 Å². The lowest BCUT2D eigenvalue weighted by Gasteiger charge is -2.16. The second-order valence-electron chi connectivity index (χ2n) is 4.64. The van der Waals surface area contributed by atoms with Crippen molar-refractivity contribution in [2.45, 2.75) is 39.2 Å². The van der Waals surface area contributed by atoms with Crippen LogP contribution in [0.15, 0.2) is 30.5 Å². The van der Waals surface area contributed by atoms with E-state index in [0.29, 0.717) is 6.04 Å². The average Bonchev–Trinajstić information content (AvgIpc) is 2.43. The van der Waals surface area contributed by atoms with Crippen LogP contribution in [-0.4, -0.2) is 22.8 Å². The first kappa shape index (κ1) is 13.0. The standard InChI is InChI=1S/C15H21N3/c1-3-9-16-13(4-2)10-15-14-8-6-5-7-12(14)11-17-18-15/h5-8,11,13,16H,3-4,9-10H2,1-2H3. The Morgan fingerprint density at radius 2 is 2.06 bits per heavy atom. The molecule has 0 saturated heterocycles. The lowest BCUT2D eigenvalue weighted by Crippen LogP contribution is -2.31. The lowest BCUT2D eigenvalue weighted by atomic mass is 10.0. The third-order valence-electron chi connectivity index (χ3n) is 3.26. The molecule has 1 aromatic heterocycles. The number of nitrogens with one attached hydrogen (secondary N) is 1. The van der Waals surface area contributed by atoms with Gasteiger partial charge in [0.2, 0.25) is 0 Å². The SMILES string of the molecule is CCCNC(CC)Cc1nncc2ccccc12. The van der Waals surface area contributed by atoms with Crippen molar-refractivity contribution in [2.75, 3.05) is 6.54 Å². The molecule has 1 aromatic carbocycles. The van der Waals surface area contributed by atoms with Crippen LogP contribution in [0, 0.1) is 0 Å². The summed E-state index contributed by atoms with van der Waals surface area (Å²) in [7, 11) is 0. The van der Waals surface area contributed by atoms with Crippen LogP contribution in [0.3, 0.4) is 0 Å². The Morgan fingerprint density at radius 1 is 1.22 bits per heavy atom. The van der Waals surface area contributed by atoms with Gasteiger partial charge in [0.25, 0.3) is 0 Å². The van der Waals surface area contributed by atoms with Gasteiger partial charge in [-0.15, -0.1) is 0 Å². The van der Waals surface area contributed by atoms with Crippen molar-refractivity contribution in [2.24, 2.45) is 0 Å². The van der Waals surface area contributed by atoms with Crippen LogP contribution < -0.4 is 5.32 Å². The Balaban J connectivity index is 2.19. The number of nitrogens with zero attached hydrogens (tertiary/aromatic N) is 2. The van der Waals surface area contributed by atoms with Crippen molar-refractivity contribution in [3.63, 3.8) is 0 Å². The molecule has 3 nitrogen and oxygen atoms in total. The minimum Gasteiger partial charge on any atom is -0.314 e. The van der Waals surface area contributed by atoms with E-state index >= 15 is 0 Å². The number of rotatable bonds is 6. The minimum atomic E-state index is 0.491. The van der Waals surface area contributed by atoms with Crippen LogP contribution in [-0.2, 0) is 6.42 Å². The number of hydrogen-bond donors (Lipinski definition) is 1. The molecule has 0 aliphatic heterocycles. The van der Waals surface area contributed by atoms with Crippen LogP contribution >= 0.6 is 0 Å². The maximum atomic E-state index is 4.31. The molecule has 0 spiro atoms. The highest BCUT2D eigenvalue weighted by atomic mass is 15.1. The normalized spacial score (nSPS) is 12.8. The van der Waals surface area contributed by atoms with Gasteiger partial charge in [0.05, 0.1) is 11.9 Å². The highest BCUT2D eigenvalue weighted by Crippen LogP contribution is 2.17. The Morgan fingerprint density at radius 3 is 2.83 bits per heavy atom. The third kappa shape index (κ3) is 3.05. The van der Waals surface area contributed by atoms with Gasteiger partial charge in [0, 0.05) is 23.2 Å². The zero-order chi connectivity index (χ0) is 12.8. The first-order valence-electron chi connectivity index (χ1n) is 6.77. The highest BCUT2D eigenvalue weighted by Gasteiger charge is 2.10. The summed E-state index contributed by atoms with van der Waals surface area (Å²) in [6.45, 7) is 5.47. The number of hydrogen-bond acceptors (Lipinski definition) is 3. The number of fused-ring (bicyclic) bond motifs is 1. The second kappa shape index (κ2) is 6.45. The molecule has 0 saturated carbocycles. The number of benzene rings is 1. The van der Waals surface area contributed by atoms with Crippen molar-refractivity contribution in [1.82, 2.24) is 15.5 Å². The van der Waals surface area contributed by atoms with Crippen LogP contribution in [0.1, 0.15) is 32.4 Å². The molecular weight excluding hydrogens is 222 g/mol. The third-order valence-corrected chi connectivity index (χ3v) is 3.26. The van der Waals surface area contributed by atoms with E-state index in [1.165, 1.54) is 10.8 Å². The molecule has 0 amide bonds. The quantitative estimate of drug-likeness (QED) is 0.847. The molecule has 0 bridgehead atoms. The first-order valence-corrected chi connectivity index (χ1v) is 6.77. The van der Waals surface area contributed by atoms with Crippen molar-refractivity contribution in [1.29, 1.82) is 0 Å². The van der Waals surface area contributed by atoms with E-state index in [1.807, 2.05) is 12.3 Å². The first-order chi connectivity index (χ1) is 8.85. The lowest BCUT2D eigenvalue weighted by molar-refractivity contribution is 0.490. The van der Waals surface area contributed by atoms with Gasteiger partial charge in [-0.1, -0.05) is 38.1 Å². The largest absolute Gasteiger partial charge is 0.314 e. The van der Waals surface area contributed by atoms with Crippen LogP contribution in [0.5, 0.6) is 0 Å². The molecule has 0 aliphatic carbocycles. The Bertz CT molecular complexity index is 491. The predicted octanol–water partition coefficient (Wildman–Crippen LogP) is 2.95. The Kier molecular flexibility index (Phi) is 4.65. The van der Waals surface area contributed by atoms with Crippen LogP contribution in [0.2, 0.25) is 0 Å². The van der Waals surface area contributed by atoms with Crippen molar-refractivity contribution < 1.29 is 0 Å². The molecule has 0 aliphatic rings. The summed E-state index contributed by atoms with van der Waals surface area (Å²) < 4.78 is 0. The molecule has 18 heavy (non-hydrogen) atoms. The molecule has 96 valence electrons. The number of aromatic nitrogens is 2. The summed E-state index contributed by atoms with van der Waals surface area (Å²) in [5.41, 5.74) is 1.10. The molecule has 1 N–H and O–H groups in total. The van der Waals surface area contributed by atoms with Gasteiger partial charge >= 0.3 is 0 Å². The molecular formula is C15H21N3. The van der Waals surface area contributed by atoms with Gasteiger partial charge in [-0.2, -0.15) is 10.2 Å².